The standard InChI is InChI=1S/C36H25NO/c1-4-16-33-29(13-1)30-14-2-5-17-34(30)37(33)28-12-8-11-26(22-28)24-9-7-10-25(21-24)27-19-20-36-32(23-27)31-15-3-6-18-35(31)38-36/h1-23,32,36H/t32?,36-/m0/s1. The topological polar surface area (TPSA) is 14.2 Å². The number of benzene rings is 5. The molecule has 8 rings (SSSR count). The number of nitrogens with zero attached hydrogens (tertiary/aromatic N) is 1. The Labute approximate surface area is 221 Å². The molecule has 1 aliphatic carbocycles. The van der Waals surface area contributed by atoms with Crippen molar-refractivity contribution in [2.75, 3.05) is 0 Å². The highest BCUT2D eigenvalue weighted by atomic mass is 16.5. The minimum atomic E-state index is 0.0854. The largest absolute Gasteiger partial charge is 0.485 e. The molecule has 1 aliphatic heterocycles. The van der Waals surface area contributed by atoms with E-state index >= 15 is 0 Å². The van der Waals surface area contributed by atoms with Gasteiger partial charge in [0.1, 0.15) is 11.9 Å². The molecular formula is C36H25NO. The number of ether oxygens (including phenoxy) is 1. The fraction of sp³-hybridized carbons (Fsp3) is 0.0556. The number of allylic oxidation sites excluding steroid dienone is 2. The number of hydrogen-bond donors (Lipinski definition) is 0. The number of aromatic nitrogens is 1. The number of hydrogen-bond acceptors (Lipinski definition) is 1. The molecule has 2 atom stereocenters. The van der Waals surface area contributed by atoms with Crippen LogP contribution in [0.15, 0.2) is 140 Å². The van der Waals surface area contributed by atoms with Gasteiger partial charge in [0.2, 0.25) is 0 Å². The van der Waals surface area contributed by atoms with Crippen molar-refractivity contribution < 1.29 is 4.74 Å². The van der Waals surface area contributed by atoms with Crippen LogP contribution in [0.4, 0.5) is 0 Å². The van der Waals surface area contributed by atoms with Gasteiger partial charge >= 0.3 is 0 Å². The smallest absolute Gasteiger partial charge is 0.128 e. The first kappa shape index (κ1) is 21.3. The Hall–Kier alpha value is -4.82. The normalized spacial score (nSPS) is 17.7. The van der Waals surface area contributed by atoms with E-state index in [1.807, 2.05) is 6.07 Å². The van der Waals surface area contributed by atoms with Gasteiger partial charge in [0.25, 0.3) is 0 Å². The molecule has 0 N–H and O–H groups in total. The van der Waals surface area contributed by atoms with Crippen molar-refractivity contribution in [3.63, 3.8) is 0 Å². The number of para-hydroxylation sites is 3. The first-order valence-corrected chi connectivity index (χ1v) is 13.2. The van der Waals surface area contributed by atoms with E-state index in [1.165, 1.54) is 55.3 Å². The molecule has 2 heteroatoms. The lowest BCUT2D eigenvalue weighted by Gasteiger charge is -2.19. The zero-order valence-electron chi connectivity index (χ0n) is 20.8. The third-order valence-electron chi connectivity index (χ3n) is 7.93. The minimum Gasteiger partial charge on any atom is -0.485 e. The van der Waals surface area contributed by atoms with Crippen molar-refractivity contribution in [1.29, 1.82) is 0 Å². The fourth-order valence-electron chi connectivity index (χ4n) is 6.15. The van der Waals surface area contributed by atoms with Crippen LogP contribution in [0.1, 0.15) is 17.0 Å². The van der Waals surface area contributed by atoms with E-state index in [9.17, 15) is 0 Å². The summed E-state index contributed by atoms with van der Waals surface area (Å²) in [6.45, 7) is 0. The van der Waals surface area contributed by atoms with Crippen LogP contribution in [0.5, 0.6) is 5.75 Å². The van der Waals surface area contributed by atoms with Crippen LogP contribution in [0.2, 0.25) is 0 Å². The van der Waals surface area contributed by atoms with E-state index in [0.29, 0.717) is 0 Å². The second-order valence-electron chi connectivity index (χ2n) is 10.1. The molecule has 0 spiro atoms. The molecule has 1 aromatic heterocycles. The van der Waals surface area contributed by atoms with E-state index in [2.05, 4.69) is 138 Å². The first-order valence-electron chi connectivity index (χ1n) is 13.2. The summed E-state index contributed by atoms with van der Waals surface area (Å²) in [5.41, 5.74) is 9.79. The summed E-state index contributed by atoms with van der Waals surface area (Å²) in [5, 5.41) is 2.56. The molecule has 1 unspecified atom stereocenters. The number of fused-ring (bicyclic) bond motifs is 6. The van der Waals surface area contributed by atoms with Gasteiger partial charge in [-0.1, -0.05) is 97.1 Å². The Kier molecular flexibility index (Phi) is 4.68. The van der Waals surface area contributed by atoms with Gasteiger partial charge in [-0.3, -0.25) is 0 Å². The molecule has 0 saturated carbocycles. The average molecular weight is 488 g/mol. The van der Waals surface area contributed by atoms with Crippen molar-refractivity contribution in [3.8, 4) is 22.6 Å². The summed E-state index contributed by atoms with van der Waals surface area (Å²) in [5.74, 6) is 1.26. The summed E-state index contributed by atoms with van der Waals surface area (Å²) in [6, 6.07) is 43.5. The predicted molar refractivity (Wildman–Crippen MR) is 157 cm³/mol. The van der Waals surface area contributed by atoms with Crippen molar-refractivity contribution in [2.24, 2.45) is 0 Å². The second-order valence-corrected chi connectivity index (χ2v) is 10.1. The minimum absolute atomic E-state index is 0.0854. The fourth-order valence-corrected chi connectivity index (χ4v) is 6.15. The van der Waals surface area contributed by atoms with Crippen LogP contribution in [0.3, 0.4) is 0 Å². The van der Waals surface area contributed by atoms with Crippen LogP contribution in [0.25, 0.3) is 44.2 Å². The molecule has 2 aliphatic rings. The lowest BCUT2D eigenvalue weighted by atomic mass is 9.86. The molecule has 5 aromatic carbocycles. The molecule has 0 bridgehead atoms. The van der Waals surface area contributed by atoms with E-state index < -0.39 is 0 Å². The molecule has 180 valence electrons. The highest BCUT2D eigenvalue weighted by molar-refractivity contribution is 6.09. The number of rotatable bonds is 3. The predicted octanol–water partition coefficient (Wildman–Crippen LogP) is 8.95. The van der Waals surface area contributed by atoms with Gasteiger partial charge in [-0.05, 0) is 64.7 Å². The van der Waals surface area contributed by atoms with Gasteiger partial charge in [0, 0.05) is 27.9 Å². The summed E-state index contributed by atoms with van der Waals surface area (Å²) in [4.78, 5) is 0. The SMILES string of the molecule is C1=C[C@@H]2Oc3ccccc3C2C=C1c1cccc(-c2cccc(-n3c4ccccc4c4ccccc43)c2)c1. The summed E-state index contributed by atoms with van der Waals surface area (Å²) >= 11 is 0. The Bertz CT molecular complexity index is 1870. The maximum absolute atomic E-state index is 6.16. The highest BCUT2D eigenvalue weighted by Crippen LogP contribution is 2.43. The second kappa shape index (κ2) is 8.36. The zero-order chi connectivity index (χ0) is 25.1. The Morgan fingerprint density at radius 3 is 2.05 bits per heavy atom. The summed E-state index contributed by atoms with van der Waals surface area (Å²) in [6.07, 6.45) is 6.86. The molecule has 38 heavy (non-hydrogen) atoms. The van der Waals surface area contributed by atoms with Gasteiger partial charge in [0.15, 0.2) is 0 Å². The van der Waals surface area contributed by atoms with E-state index in [-0.39, 0.29) is 12.0 Å². The first-order chi connectivity index (χ1) is 18.8. The average Bonchev–Trinajstić information content (AvgIpc) is 3.53. The molecule has 0 saturated heterocycles. The molecule has 6 aromatic rings. The Morgan fingerprint density at radius 2 is 1.24 bits per heavy atom. The maximum Gasteiger partial charge on any atom is 0.128 e. The van der Waals surface area contributed by atoms with Crippen LogP contribution in [-0.4, -0.2) is 10.7 Å². The third kappa shape index (κ3) is 3.27. The van der Waals surface area contributed by atoms with Gasteiger partial charge in [-0.2, -0.15) is 0 Å². The van der Waals surface area contributed by atoms with E-state index in [0.717, 1.165) is 5.75 Å². The molecule has 0 fully saturated rings. The summed E-state index contributed by atoms with van der Waals surface area (Å²) < 4.78 is 8.54. The van der Waals surface area contributed by atoms with Crippen molar-refractivity contribution in [1.82, 2.24) is 4.57 Å². The van der Waals surface area contributed by atoms with Crippen molar-refractivity contribution >= 4 is 27.4 Å². The lowest BCUT2D eigenvalue weighted by Crippen LogP contribution is -2.16. The van der Waals surface area contributed by atoms with Gasteiger partial charge in [0.05, 0.1) is 11.0 Å². The zero-order valence-corrected chi connectivity index (χ0v) is 20.8. The van der Waals surface area contributed by atoms with Crippen LogP contribution < -0.4 is 4.74 Å². The molecule has 2 heterocycles. The van der Waals surface area contributed by atoms with Crippen LogP contribution in [-0.2, 0) is 0 Å². The van der Waals surface area contributed by atoms with Crippen molar-refractivity contribution in [2.45, 2.75) is 12.0 Å². The molecule has 2 nitrogen and oxygen atoms in total. The third-order valence-corrected chi connectivity index (χ3v) is 7.93. The van der Waals surface area contributed by atoms with Crippen LogP contribution >= 0.6 is 0 Å². The Morgan fingerprint density at radius 1 is 0.579 bits per heavy atom. The highest BCUT2D eigenvalue weighted by Gasteiger charge is 2.33. The monoisotopic (exact) mass is 487 g/mol. The van der Waals surface area contributed by atoms with Crippen LogP contribution in [0, 0.1) is 0 Å². The molecule has 0 amide bonds. The quantitative estimate of drug-likeness (QED) is 0.243. The lowest BCUT2D eigenvalue weighted by molar-refractivity contribution is 0.269. The Balaban J connectivity index is 1.21. The molecule has 0 radical (unpaired) electrons. The van der Waals surface area contributed by atoms with Crippen molar-refractivity contribution in [3.05, 3.63) is 151 Å². The van der Waals surface area contributed by atoms with E-state index in [4.69, 9.17) is 4.74 Å². The molecular weight excluding hydrogens is 462 g/mol. The van der Waals surface area contributed by atoms with Gasteiger partial charge in [-0.25, -0.2) is 0 Å². The maximum atomic E-state index is 6.16. The van der Waals surface area contributed by atoms with Gasteiger partial charge < -0.3 is 9.30 Å². The summed E-state index contributed by atoms with van der Waals surface area (Å²) in [7, 11) is 0. The van der Waals surface area contributed by atoms with E-state index in [1.54, 1.807) is 0 Å². The van der Waals surface area contributed by atoms with Gasteiger partial charge in [-0.15, -0.1) is 0 Å².